The highest BCUT2D eigenvalue weighted by molar-refractivity contribution is 6.13. The molecule has 29 heavy (non-hydrogen) atoms. The molecule has 1 aliphatic heterocycles. The van der Waals surface area contributed by atoms with Crippen molar-refractivity contribution in [3.63, 3.8) is 0 Å². The predicted octanol–water partition coefficient (Wildman–Crippen LogP) is 2.80. The zero-order chi connectivity index (χ0) is 21.0. The molecule has 2 aromatic carbocycles. The third-order valence-electron chi connectivity index (χ3n) is 4.12. The van der Waals surface area contributed by atoms with Gasteiger partial charge in [-0.2, -0.15) is 0 Å². The van der Waals surface area contributed by atoms with E-state index in [4.69, 9.17) is 9.47 Å². The molecule has 0 amide bonds. The maximum absolute atomic E-state index is 12.2. The summed E-state index contributed by atoms with van der Waals surface area (Å²) in [6, 6.07) is 11.1. The van der Waals surface area contributed by atoms with E-state index >= 15 is 0 Å². The van der Waals surface area contributed by atoms with Crippen LogP contribution in [0.1, 0.15) is 16.7 Å². The lowest BCUT2D eigenvalue weighted by molar-refractivity contribution is -0.385. The molecule has 0 radical (unpaired) electrons. The summed E-state index contributed by atoms with van der Waals surface area (Å²) < 4.78 is 14.9. The highest BCUT2D eigenvalue weighted by Gasteiger charge is 2.27. The number of carbonyl (C=O) groups is 2. The number of hydrogen-bond donors (Lipinski definition) is 0. The van der Waals surface area contributed by atoms with Gasteiger partial charge in [-0.3, -0.25) is 10.1 Å². The van der Waals surface area contributed by atoms with Gasteiger partial charge in [0, 0.05) is 17.2 Å². The molecule has 0 aliphatic carbocycles. The van der Waals surface area contributed by atoms with Crippen molar-refractivity contribution < 1.29 is 28.7 Å². The van der Waals surface area contributed by atoms with Crippen molar-refractivity contribution >= 4 is 29.6 Å². The summed E-state index contributed by atoms with van der Waals surface area (Å²) in [6.45, 7) is 1.36. The number of hydrogen-bond acceptors (Lipinski definition) is 8. The van der Waals surface area contributed by atoms with Crippen molar-refractivity contribution in [2.75, 3.05) is 13.7 Å². The predicted molar refractivity (Wildman–Crippen MR) is 102 cm³/mol. The van der Waals surface area contributed by atoms with Crippen molar-refractivity contribution in [2.45, 2.75) is 6.92 Å². The normalized spacial score (nSPS) is 14.3. The zero-order valence-electron chi connectivity index (χ0n) is 15.6. The van der Waals surface area contributed by atoms with Gasteiger partial charge in [-0.1, -0.05) is 18.2 Å². The number of cyclic esters (lactones) is 1. The third-order valence-corrected chi connectivity index (χ3v) is 4.12. The molecule has 0 saturated carbocycles. The van der Waals surface area contributed by atoms with Crippen LogP contribution < -0.4 is 4.74 Å². The number of nitro groups is 1. The Balaban J connectivity index is 1.81. The van der Waals surface area contributed by atoms with Crippen LogP contribution in [0.3, 0.4) is 0 Å². The minimum Gasteiger partial charge on any atom is -0.482 e. The Morgan fingerprint density at radius 3 is 2.62 bits per heavy atom. The highest BCUT2D eigenvalue weighted by atomic mass is 16.6. The number of carbonyl (C=O) groups excluding carboxylic acids is 2. The second-order valence-corrected chi connectivity index (χ2v) is 5.98. The fraction of sp³-hybridized carbons (Fsp3) is 0.150. The van der Waals surface area contributed by atoms with E-state index in [1.165, 1.54) is 25.3 Å². The number of ether oxygens (including phenoxy) is 3. The third kappa shape index (κ3) is 4.46. The molecule has 9 heteroatoms. The molecule has 2 aromatic rings. The Morgan fingerprint density at radius 2 is 1.97 bits per heavy atom. The smallest absolute Gasteiger partial charge is 0.363 e. The largest absolute Gasteiger partial charge is 0.482 e. The van der Waals surface area contributed by atoms with Gasteiger partial charge in [0.25, 0.3) is 5.69 Å². The molecular weight excluding hydrogens is 380 g/mol. The van der Waals surface area contributed by atoms with E-state index in [0.717, 1.165) is 0 Å². The van der Waals surface area contributed by atoms with Crippen LogP contribution in [-0.4, -0.2) is 36.5 Å². The molecule has 9 nitrogen and oxygen atoms in total. The maximum Gasteiger partial charge on any atom is 0.363 e. The molecule has 0 unspecified atom stereocenters. The van der Waals surface area contributed by atoms with Gasteiger partial charge < -0.3 is 14.2 Å². The molecule has 0 spiro atoms. The van der Waals surface area contributed by atoms with Crippen molar-refractivity contribution in [1.29, 1.82) is 0 Å². The lowest BCUT2D eigenvalue weighted by Crippen LogP contribution is -2.12. The van der Waals surface area contributed by atoms with Crippen LogP contribution in [0.2, 0.25) is 0 Å². The van der Waals surface area contributed by atoms with Gasteiger partial charge in [-0.25, -0.2) is 14.6 Å². The SMILES string of the molecule is COC(=O)COc1ccc(/C=C2\N=C(c3cccc([N+](=O)[O-])c3C)OC2=O)cc1. The average molecular weight is 396 g/mol. The molecular formula is C20H16N2O7. The molecule has 3 rings (SSSR count). The summed E-state index contributed by atoms with van der Waals surface area (Å²) in [7, 11) is 1.27. The van der Waals surface area contributed by atoms with E-state index in [1.807, 2.05) is 0 Å². The number of nitro benzene ring substituents is 1. The van der Waals surface area contributed by atoms with Crippen molar-refractivity contribution in [1.82, 2.24) is 0 Å². The van der Waals surface area contributed by atoms with E-state index in [9.17, 15) is 19.7 Å². The van der Waals surface area contributed by atoms with Gasteiger partial charge in [0.1, 0.15) is 5.75 Å². The summed E-state index contributed by atoms with van der Waals surface area (Å²) >= 11 is 0. The van der Waals surface area contributed by atoms with Crippen molar-refractivity contribution in [2.24, 2.45) is 4.99 Å². The van der Waals surface area contributed by atoms with Crippen molar-refractivity contribution in [3.8, 4) is 5.75 Å². The number of methoxy groups -OCH3 is 1. The molecule has 1 heterocycles. The number of esters is 2. The second-order valence-electron chi connectivity index (χ2n) is 5.98. The van der Waals surface area contributed by atoms with Gasteiger partial charge in [0.05, 0.1) is 12.0 Å². The van der Waals surface area contributed by atoms with Crippen LogP contribution in [0.4, 0.5) is 5.69 Å². The number of aliphatic imine (C=N–C) groups is 1. The highest BCUT2D eigenvalue weighted by Crippen LogP contribution is 2.26. The molecule has 0 atom stereocenters. The Hall–Kier alpha value is -4.01. The van der Waals surface area contributed by atoms with Gasteiger partial charge in [0.2, 0.25) is 5.90 Å². The van der Waals surface area contributed by atoms with E-state index < -0.39 is 16.9 Å². The number of nitrogens with zero attached hydrogens (tertiary/aromatic N) is 2. The monoisotopic (exact) mass is 396 g/mol. The van der Waals surface area contributed by atoms with E-state index in [1.54, 1.807) is 37.3 Å². The molecule has 0 N–H and O–H groups in total. The minimum absolute atomic E-state index is 0.0143. The van der Waals surface area contributed by atoms with Gasteiger partial charge >= 0.3 is 11.9 Å². The molecule has 0 fully saturated rings. The molecule has 0 aromatic heterocycles. The Bertz CT molecular complexity index is 1040. The molecule has 0 bridgehead atoms. The van der Waals surface area contributed by atoms with Gasteiger partial charge in [-0.15, -0.1) is 0 Å². The first-order valence-electron chi connectivity index (χ1n) is 8.45. The van der Waals surface area contributed by atoms with Crippen LogP contribution in [0.5, 0.6) is 5.75 Å². The van der Waals surface area contributed by atoms with E-state index in [2.05, 4.69) is 9.73 Å². The Morgan fingerprint density at radius 1 is 1.24 bits per heavy atom. The summed E-state index contributed by atoms with van der Waals surface area (Å²) in [5.74, 6) is -0.677. The fourth-order valence-corrected chi connectivity index (χ4v) is 2.60. The van der Waals surface area contributed by atoms with Crippen LogP contribution >= 0.6 is 0 Å². The first kappa shape index (κ1) is 19.7. The first-order chi connectivity index (χ1) is 13.9. The zero-order valence-corrected chi connectivity index (χ0v) is 15.6. The van der Waals surface area contributed by atoms with Gasteiger partial charge in [-0.05, 0) is 36.8 Å². The van der Waals surface area contributed by atoms with E-state index in [0.29, 0.717) is 22.4 Å². The lowest BCUT2D eigenvalue weighted by Gasteiger charge is -2.04. The summed E-state index contributed by atoms with van der Waals surface area (Å²) in [5.41, 5.74) is 1.37. The standard InChI is InChI=1S/C20H16N2O7/c1-12-15(4-3-5-17(12)22(25)26)19-21-16(20(24)29-19)10-13-6-8-14(9-7-13)28-11-18(23)27-2/h3-10H,11H2,1-2H3/b16-10-. The molecule has 148 valence electrons. The molecule has 0 saturated heterocycles. The lowest BCUT2D eigenvalue weighted by atomic mass is 10.1. The fourth-order valence-electron chi connectivity index (χ4n) is 2.60. The quantitative estimate of drug-likeness (QED) is 0.319. The molecule has 1 aliphatic rings. The van der Waals surface area contributed by atoms with Crippen LogP contribution in [0.25, 0.3) is 6.08 Å². The van der Waals surface area contributed by atoms with Crippen LogP contribution in [0, 0.1) is 17.0 Å². The van der Waals surface area contributed by atoms with E-state index in [-0.39, 0.29) is 23.9 Å². The maximum atomic E-state index is 12.2. The van der Waals surface area contributed by atoms with Crippen LogP contribution in [0.15, 0.2) is 53.2 Å². The first-order valence-corrected chi connectivity index (χ1v) is 8.45. The second kappa shape index (κ2) is 8.34. The Kier molecular flexibility index (Phi) is 5.68. The van der Waals surface area contributed by atoms with Crippen LogP contribution in [-0.2, 0) is 19.1 Å². The summed E-state index contributed by atoms with van der Waals surface area (Å²) in [6.07, 6.45) is 1.52. The number of rotatable bonds is 6. The summed E-state index contributed by atoms with van der Waals surface area (Å²) in [4.78, 5) is 38.0. The number of benzene rings is 2. The summed E-state index contributed by atoms with van der Waals surface area (Å²) in [5, 5.41) is 11.1. The minimum atomic E-state index is -0.656. The van der Waals surface area contributed by atoms with Crippen molar-refractivity contribution in [3.05, 3.63) is 75.0 Å². The average Bonchev–Trinajstić information content (AvgIpc) is 3.07. The van der Waals surface area contributed by atoms with Gasteiger partial charge in [0.15, 0.2) is 12.3 Å². The topological polar surface area (TPSA) is 117 Å². The Labute approximate surface area is 165 Å².